The summed E-state index contributed by atoms with van der Waals surface area (Å²) in [5, 5.41) is 2.49. The molecule has 24 heavy (non-hydrogen) atoms. The molecule has 0 aromatic heterocycles. The van der Waals surface area contributed by atoms with Crippen LogP contribution in [-0.2, 0) is 4.79 Å². The zero-order valence-electron chi connectivity index (χ0n) is 13.2. The SMILES string of the molecule is CCCN1CC2=C(C1=O)[C@H](c1cc(F)c(F)cc1F)NC(=O)N2C. The number of likely N-dealkylation sites (N-methyl/N-ethyl adjacent to an activating group) is 1. The van der Waals surface area contributed by atoms with E-state index >= 15 is 0 Å². The summed E-state index contributed by atoms with van der Waals surface area (Å²) in [6.07, 6.45) is 0.724. The van der Waals surface area contributed by atoms with Gasteiger partial charge in [-0.05, 0) is 12.5 Å². The Hall–Kier alpha value is -2.51. The number of rotatable bonds is 3. The van der Waals surface area contributed by atoms with Gasteiger partial charge in [0, 0.05) is 25.2 Å². The quantitative estimate of drug-likeness (QED) is 0.859. The van der Waals surface area contributed by atoms with Gasteiger partial charge in [0.2, 0.25) is 0 Å². The Labute approximate surface area is 136 Å². The smallest absolute Gasteiger partial charge is 0.322 e. The lowest BCUT2D eigenvalue weighted by Crippen LogP contribution is -2.45. The first-order valence-corrected chi connectivity index (χ1v) is 7.56. The van der Waals surface area contributed by atoms with Crippen LogP contribution in [0, 0.1) is 17.5 Å². The molecule has 2 heterocycles. The fourth-order valence-electron chi connectivity index (χ4n) is 3.07. The van der Waals surface area contributed by atoms with E-state index in [2.05, 4.69) is 5.32 Å². The number of amides is 3. The van der Waals surface area contributed by atoms with Gasteiger partial charge in [0.15, 0.2) is 11.6 Å². The van der Waals surface area contributed by atoms with E-state index < -0.39 is 29.5 Å². The Bertz CT molecular complexity index is 763. The van der Waals surface area contributed by atoms with Crippen molar-refractivity contribution in [2.75, 3.05) is 20.1 Å². The fourth-order valence-corrected chi connectivity index (χ4v) is 3.07. The number of carbonyl (C=O) groups excluding carboxylic acids is 2. The van der Waals surface area contributed by atoms with Crippen molar-refractivity contribution in [3.05, 3.63) is 46.4 Å². The molecular formula is C16H16F3N3O2. The molecule has 3 amide bonds. The highest BCUT2D eigenvalue weighted by Gasteiger charge is 2.43. The third-order valence-corrected chi connectivity index (χ3v) is 4.28. The van der Waals surface area contributed by atoms with Crippen LogP contribution >= 0.6 is 0 Å². The van der Waals surface area contributed by atoms with Gasteiger partial charge < -0.3 is 10.2 Å². The molecule has 0 saturated carbocycles. The molecule has 0 spiro atoms. The van der Waals surface area contributed by atoms with Gasteiger partial charge in [-0.3, -0.25) is 9.69 Å². The van der Waals surface area contributed by atoms with E-state index in [1.54, 1.807) is 4.90 Å². The van der Waals surface area contributed by atoms with Crippen LogP contribution in [0.4, 0.5) is 18.0 Å². The van der Waals surface area contributed by atoms with E-state index in [9.17, 15) is 22.8 Å². The molecule has 5 nitrogen and oxygen atoms in total. The van der Waals surface area contributed by atoms with Gasteiger partial charge in [0.05, 0.1) is 23.9 Å². The normalized spacial score (nSPS) is 20.6. The second kappa shape index (κ2) is 5.85. The molecule has 1 N–H and O–H groups in total. The van der Waals surface area contributed by atoms with Crippen LogP contribution in [0.15, 0.2) is 23.4 Å². The lowest BCUT2D eigenvalue weighted by Gasteiger charge is -2.31. The van der Waals surface area contributed by atoms with E-state index in [0.717, 1.165) is 6.42 Å². The lowest BCUT2D eigenvalue weighted by molar-refractivity contribution is -0.125. The average Bonchev–Trinajstić information content (AvgIpc) is 2.85. The molecular weight excluding hydrogens is 323 g/mol. The molecule has 8 heteroatoms. The number of benzene rings is 1. The number of nitrogens with one attached hydrogen (secondary N) is 1. The summed E-state index contributed by atoms with van der Waals surface area (Å²) in [5.74, 6) is -3.92. The molecule has 0 radical (unpaired) electrons. The summed E-state index contributed by atoms with van der Waals surface area (Å²) in [5.41, 5.74) is 0.372. The number of halogens is 3. The molecule has 128 valence electrons. The van der Waals surface area contributed by atoms with Crippen LogP contribution in [0.2, 0.25) is 0 Å². The lowest BCUT2D eigenvalue weighted by atomic mass is 9.95. The maximum Gasteiger partial charge on any atom is 0.322 e. The van der Waals surface area contributed by atoms with Gasteiger partial charge in [-0.1, -0.05) is 6.92 Å². The van der Waals surface area contributed by atoms with E-state index in [-0.39, 0.29) is 23.6 Å². The summed E-state index contributed by atoms with van der Waals surface area (Å²) in [6, 6.07) is -0.581. The third kappa shape index (κ3) is 2.42. The van der Waals surface area contributed by atoms with Gasteiger partial charge in [-0.15, -0.1) is 0 Å². The van der Waals surface area contributed by atoms with E-state index in [0.29, 0.717) is 24.4 Å². The number of hydrogen-bond donors (Lipinski definition) is 1. The second-order valence-corrected chi connectivity index (χ2v) is 5.82. The Morgan fingerprint density at radius 2 is 1.83 bits per heavy atom. The second-order valence-electron chi connectivity index (χ2n) is 5.82. The summed E-state index contributed by atoms with van der Waals surface area (Å²) in [4.78, 5) is 27.6. The van der Waals surface area contributed by atoms with E-state index in [1.807, 2.05) is 6.92 Å². The number of nitrogens with zero attached hydrogens (tertiary/aromatic N) is 2. The highest BCUT2D eigenvalue weighted by Crippen LogP contribution is 2.37. The monoisotopic (exact) mass is 339 g/mol. The predicted octanol–water partition coefficient (Wildman–Crippen LogP) is 2.31. The van der Waals surface area contributed by atoms with Crippen molar-refractivity contribution in [2.24, 2.45) is 0 Å². The van der Waals surface area contributed by atoms with Gasteiger partial charge in [-0.25, -0.2) is 18.0 Å². The average molecular weight is 339 g/mol. The van der Waals surface area contributed by atoms with Crippen molar-refractivity contribution in [1.82, 2.24) is 15.1 Å². The standard InChI is InChI=1S/C16H16F3N3O2/c1-3-4-22-7-12-13(15(22)23)14(20-16(24)21(12)2)8-5-10(18)11(19)6-9(8)17/h5-6,14H,3-4,7H2,1-2H3,(H,20,24)/t14-/m0/s1. The summed E-state index contributed by atoms with van der Waals surface area (Å²) in [6.45, 7) is 2.62. The van der Waals surface area contributed by atoms with Crippen LogP contribution in [0.1, 0.15) is 24.9 Å². The molecule has 0 fully saturated rings. The van der Waals surface area contributed by atoms with Gasteiger partial charge >= 0.3 is 6.03 Å². The Kier molecular flexibility index (Phi) is 3.98. The maximum atomic E-state index is 14.1. The Balaban J connectivity index is 2.10. The van der Waals surface area contributed by atoms with Crippen LogP contribution in [0.3, 0.4) is 0 Å². The van der Waals surface area contributed by atoms with Crippen LogP contribution in [-0.4, -0.2) is 41.9 Å². The van der Waals surface area contributed by atoms with Gasteiger partial charge in [-0.2, -0.15) is 0 Å². The maximum absolute atomic E-state index is 14.1. The summed E-state index contributed by atoms with van der Waals surface area (Å²) >= 11 is 0. The summed E-state index contributed by atoms with van der Waals surface area (Å²) < 4.78 is 40.9. The zero-order valence-corrected chi connectivity index (χ0v) is 13.2. The third-order valence-electron chi connectivity index (χ3n) is 4.28. The highest BCUT2D eigenvalue weighted by molar-refractivity contribution is 6.01. The first kappa shape index (κ1) is 16.4. The predicted molar refractivity (Wildman–Crippen MR) is 79.2 cm³/mol. The minimum atomic E-state index is -1.32. The molecule has 1 aromatic carbocycles. The van der Waals surface area contributed by atoms with Gasteiger partial charge in [0.1, 0.15) is 5.82 Å². The molecule has 1 aromatic rings. The van der Waals surface area contributed by atoms with E-state index in [4.69, 9.17) is 0 Å². The molecule has 2 aliphatic heterocycles. The first-order valence-electron chi connectivity index (χ1n) is 7.56. The molecule has 2 aliphatic rings. The molecule has 0 bridgehead atoms. The topological polar surface area (TPSA) is 52.7 Å². The Morgan fingerprint density at radius 3 is 2.50 bits per heavy atom. The summed E-state index contributed by atoms with van der Waals surface area (Å²) in [7, 11) is 1.51. The molecule has 0 aliphatic carbocycles. The number of hydrogen-bond acceptors (Lipinski definition) is 2. The van der Waals surface area contributed by atoms with E-state index in [1.165, 1.54) is 11.9 Å². The zero-order chi connectivity index (χ0) is 17.6. The van der Waals surface area contributed by atoms with Crippen molar-refractivity contribution in [1.29, 1.82) is 0 Å². The van der Waals surface area contributed by atoms with Crippen LogP contribution in [0.5, 0.6) is 0 Å². The molecule has 3 rings (SSSR count). The van der Waals surface area contributed by atoms with Gasteiger partial charge in [0.25, 0.3) is 5.91 Å². The molecule has 0 unspecified atom stereocenters. The minimum absolute atomic E-state index is 0.190. The fraction of sp³-hybridized carbons (Fsp3) is 0.375. The number of urea groups is 1. The van der Waals surface area contributed by atoms with Crippen LogP contribution < -0.4 is 5.32 Å². The van der Waals surface area contributed by atoms with Crippen LogP contribution in [0.25, 0.3) is 0 Å². The first-order chi connectivity index (χ1) is 11.3. The largest absolute Gasteiger partial charge is 0.333 e. The van der Waals surface area contributed by atoms with Crippen molar-refractivity contribution >= 4 is 11.9 Å². The van der Waals surface area contributed by atoms with Crippen molar-refractivity contribution in [2.45, 2.75) is 19.4 Å². The minimum Gasteiger partial charge on any atom is -0.333 e. The van der Waals surface area contributed by atoms with Crippen molar-refractivity contribution in [3.63, 3.8) is 0 Å². The molecule has 0 saturated heterocycles. The highest BCUT2D eigenvalue weighted by atomic mass is 19.2. The Morgan fingerprint density at radius 1 is 1.17 bits per heavy atom. The van der Waals surface area contributed by atoms with Crippen molar-refractivity contribution in [3.8, 4) is 0 Å². The van der Waals surface area contributed by atoms with Crippen molar-refractivity contribution < 1.29 is 22.8 Å². The number of carbonyl (C=O) groups is 2. The molecule has 1 atom stereocenters.